The summed E-state index contributed by atoms with van der Waals surface area (Å²) in [6, 6.07) is 3.05. The van der Waals surface area contributed by atoms with Gasteiger partial charge in [-0.15, -0.1) is 0 Å². The Kier molecular flexibility index (Phi) is 3.35. The molecule has 0 heterocycles. The normalized spacial score (nSPS) is 42.6. The number of halogens is 2. The maximum Gasteiger partial charge on any atom is 0.165 e. The summed E-state index contributed by atoms with van der Waals surface area (Å²) < 4.78 is 14.1. The number of aliphatic hydroxyl groups is 1. The molecule has 6 atom stereocenters. The number of rotatable bonds is 0. The van der Waals surface area contributed by atoms with Crippen molar-refractivity contribution < 1.29 is 14.6 Å². The van der Waals surface area contributed by atoms with Gasteiger partial charge in [-0.1, -0.05) is 41.7 Å². The predicted molar refractivity (Wildman–Crippen MR) is 92.6 cm³/mol. The zero-order valence-electron chi connectivity index (χ0n) is 12.5. The lowest BCUT2D eigenvalue weighted by atomic mass is 9.57. The Hall–Kier alpha value is -0.620. The van der Waals surface area contributed by atoms with Crippen LogP contribution in [0.2, 0.25) is 0 Å². The van der Waals surface area contributed by atoms with Crippen molar-refractivity contribution in [2.45, 2.75) is 42.1 Å². The first-order chi connectivity index (χ1) is 10.4. The Morgan fingerprint density at radius 2 is 2.14 bits per heavy atom. The van der Waals surface area contributed by atoms with E-state index >= 15 is 0 Å². The Labute approximate surface area is 143 Å². The molecule has 0 aromatic heterocycles. The van der Waals surface area contributed by atoms with Crippen molar-refractivity contribution in [1.29, 1.82) is 0 Å². The summed E-state index contributed by atoms with van der Waals surface area (Å²) in [6.07, 6.45) is 6.99. The molecule has 3 aliphatic carbocycles. The number of allylic oxidation sites excluding steroid dienone is 1. The van der Waals surface area contributed by atoms with Crippen LogP contribution in [0.1, 0.15) is 43.2 Å². The lowest BCUT2D eigenvalue weighted by Gasteiger charge is -2.48. The van der Waals surface area contributed by atoms with Crippen molar-refractivity contribution in [3.8, 4) is 5.75 Å². The highest BCUT2D eigenvalue weighted by Crippen LogP contribution is 2.61. The van der Waals surface area contributed by atoms with Crippen LogP contribution in [0, 0.1) is 23.1 Å². The van der Waals surface area contributed by atoms with Gasteiger partial charge in [-0.2, -0.15) is 0 Å². The molecule has 0 aliphatic heterocycles. The van der Waals surface area contributed by atoms with Crippen LogP contribution in [0.4, 0.5) is 4.39 Å². The highest BCUT2D eigenvalue weighted by Gasteiger charge is 2.56. The summed E-state index contributed by atoms with van der Waals surface area (Å²) in [6.45, 7) is 2.22. The number of alkyl halides is 1. The minimum absolute atomic E-state index is 0.0235. The van der Waals surface area contributed by atoms with E-state index in [1.807, 2.05) is 6.08 Å². The van der Waals surface area contributed by atoms with Crippen LogP contribution in [0.5, 0.6) is 5.75 Å². The van der Waals surface area contributed by atoms with Gasteiger partial charge in [-0.05, 0) is 65.7 Å². The number of aromatic hydroxyl groups is 1. The molecule has 3 aliphatic rings. The molecule has 22 heavy (non-hydrogen) atoms. The summed E-state index contributed by atoms with van der Waals surface area (Å²) in [7, 11) is 0. The van der Waals surface area contributed by atoms with Gasteiger partial charge in [-0.3, -0.25) is 0 Å². The molecule has 0 radical (unpaired) electrons. The number of aliphatic hydroxyl groups excluding tert-OH is 1. The van der Waals surface area contributed by atoms with E-state index in [1.54, 1.807) is 0 Å². The Morgan fingerprint density at radius 1 is 1.36 bits per heavy atom. The molecule has 0 amide bonds. The van der Waals surface area contributed by atoms with Crippen molar-refractivity contribution in [1.82, 2.24) is 0 Å². The molecule has 2 nitrogen and oxygen atoms in total. The first-order valence-electron chi connectivity index (χ1n) is 7.94. The quantitative estimate of drug-likeness (QED) is 0.493. The van der Waals surface area contributed by atoms with E-state index in [2.05, 4.69) is 35.6 Å². The second-order valence-corrected chi connectivity index (χ2v) is 8.92. The van der Waals surface area contributed by atoms with Crippen LogP contribution in [0.3, 0.4) is 0 Å². The van der Waals surface area contributed by atoms with E-state index in [-0.39, 0.29) is 17.3 Å². The SMILES string of the molecule is C[C@]12CCC3c4cc(F)c(O)cc4C=CC3C1C[C@@H](I)[C@@H]2O. The first-order valence-corrected chi connectivity index (χ1v) is 9.19. The second kappa shape index (κ2) is 4.94. The third kappa shape index (κ3) is 1.92. The zero-order valence-corrected chi connectivity index (χ0v) is 14.6. The van der Waals surface area contributed by atoms with Gasteiger partial charge in [-0.25, -0.2) is 4.39 Å². The molecule has 4 heteroatoms. The van der Waals surface area contributed by atoms with Crippen molar-refractivity contribution >= 4 is 28.7 Å². The third-order valence-corrected chi connectivity index (χ3v) is 7.51. The molecule has 2 saturated carbocycles. The summed E-state index contributed by atoms with van der Waals surface area (Å²) in [4.78, 5) is 0. The summed E-state index contributed by atoms with van der Waals surface area (Å²) in [5.41, 5.74) is 1.94. The average Bonchev–Trinajstić information content (AvgIpc) is 2.72. The highest BCUT2D eigenvalue weighted by molar-refractivity contribution is 14.1. The summed E-state index contributed by atoms with van der Waals surface area (Å²) >= 11 is 2.38. The number of fused-ring (bicyclic) bond motifs is 5. The maximum atomic E-state index is 13.8. The minimum Gasteiger partial charge on any atom is -0.505 e. The molecule has 2 fully saturated rings. The molecular formula is C18H20FIO2. The third-order valence-electron chi connectivity index (χ3n) is 6.32. The van der Waals surface area contributed by atoms with E-state index in [4.69, 9.17) is 0 Å². The fourth-order valence-electron chi connectivity index (χ4n) is 5.05. The Morgan fingerprint density at radius 3 is 2.91 bits per heavy atom. The van der Waals surface area contributed by atoms with E-state index in [9.17, 15) is 14.6 Å². The van der Waals surface area contributed by atoms with Gasteiger partial charge < -0.3 is 10.2 Å². The van der Waals surface area contributed by atoms with E-state index in [1.165, 1.54) is 12.1 Å². The van der Waals surface area contributed by atoms with Crippen molar-refractivity contribution in [2.75, 3.05) is 0 Å². The summed E-state index contributed by atoms with van der Waals surface area (Å²) in [5.74, 6) is 0.321. The maximum absolute atomic E-state index is 13.8. The van der Waals surface area contributed by atoms with Crippen molar-refractivity contribution in [3.05, 3.63) is 35.2 Å². The molecule has 1 aromatic carbocycles. The van der Waals surface area contributed by atoms with Gasteiger partial charge in [0.2, 0.25) is 0 Å². The number of phenols is 1. The number of hydrogen-bond acceptors (Lipinski definition) is 2. The van der Waals surface area contributed by atoms with E-state index in [0.717, 1.165) is 30.4 Å². The molecule has 0 saturated heterocycles. The Balaban J connectivity index is 1.76. The fraction of sp³-hybridized carbons (Fsp3) is 0.556. The molecule has 3 unspecified atom stereocenters. The first kappa shape index (κ1) is 14.9. The minimum atomic E-state index is -0.528. The highest BCUT2D eigenvalue weighted by atomic mass is 127. The van der Waals surface area contributed by atoms with Crippen LogP contribution >= 0.6 is 22.6 Å². The summed E-state index contributed by atoms with van der Waals surface area (Å²) in [5, 5.41) is 20.2. The van der Waals surface area contributed by atoms with Crippen LogP contribution in [-0.4, -0.2) is 20.2 Å². The van der Waals surface area contributed by atoms with Gasteiger partial charge in [0, 0.05) is 3.92 Å². The van der Waals surface area contributed by atoms with Crippen LogP contribution in [0.15, 0.2) is 18.2 Å². The molecule has 1 aromatic rings. The largest absolute Gasteiger partial charge is 0.505 e. The number of benzene rings is 1. The number of hydrogen-bond donors (Lipinski definition) is 2. The van der Waals surface area contributed by atoms with Gasteiger partial charge in [0.05, 0.1) is 6.10 Å². The lowest BCUT2D eigenvalue weighted by Crippen LogP contribution is -2.43. The van der Waals surface area contributed by atoms with Gasteiger partial charge in [0.15, 0.2) is 11.6 Å². The van der Waals surface area contributed by atoms with Crippen LogP contribution < -0.4 is 0 Å². The van der Waals surface area contributed by atoms with Crippen LogP contribution in [-0.2, 0) is 0 Å². The monoisotopic (exact) mass is 414 g/mol. The Bertz CT molecular complexity index is 659. The lowest BCUT2D eigenvalue weighted by molar-refractivity contribution is -0.00576. The zero-order chi connectivity index (χ0) is 15.6. The molecule has 0 spiro atoms. The second-order valence-electron chi connectivity index (χ2n) is 7.32. The average molecular weight is 414 g/mol. The molecule has 118 valence electrons. The molecule has 2 N–H and O–H groups in total. The van der Waals surface area contributed by atoms with Crippen LogP contribution in [0.25, 0.3) is 6.08 Å². The predicted octanol–water partition coefficient (Wildman–Crippen LogP) is 4.24. The number of phenolic OH excluding ortho intramolecular Hbond substituents is 1. The molecule has 0 bridgehead atoms. The van der Waals surface area contributed by atoms with Crippen molar-refractivity contribution in [2.24, 2.45) is 17.3 Å². The van der Waals surface area contributed by atoms with Gasteiger partial charge in [0.25, 0.3) is 0 Å². The van der Waals surface area contributed by atoms with Crippen molar-refractivity contribution in [3.63, 3.8) is 0 Å². The molecule has 4 rings (SSSR count). The van der Waals surface area contributed by atoms with Gasteiger partial charge in [0.1, 0.15) is 0 Å². The topological polar surface area (TPSA) is 40.5 Å². The van der Waals surface area contributed by atoms with E-state index in [0.29, 0.717) is 21.7 Å². The molecular weight excluding hydrogens is 394 g/mol. The van der Waals surface area contributed by atoms with E-state index < -0.39 is 5.82 Å². The smallest absolute Gasteiger partial charge is 0.165 e. The standard InChI is InChI=1S/C18H20FIO2/c1-18-5-4-10-11(13(18)8-15(20)17(18)22)3-2-9-6-16(21)14(19)7-12(9)10/h2-3,6-7,10-11,13,15,17,21-22H,4-5,8H2,1H3/t10?,11?,13?,15-,17+,18+/m1/s1. The van der Waals surface area contributed by atoms with Gasteiger partial charge >= 0.3 is 0 Å². The fourth-order valence-corrected chi connectivity index (χ4v) is 6.42.